The van der Waals surface area contributed by atoms with Gasteiger partial charge in [0.05, 0.1) is 13.2 Å². The van der Waals surface area contributed by atoms with Gasteiger partial charge in [0, 0.05) is 12.8 Å². The maximum Gasteiger partial charge on any atom is 0.170 e. The monoisotopic (exact) mass is 418 g/mol. The Kier molecular flexibility index (Phi) is 4.82. The van der Waals surface area contributed by atoms with Crippen LogP contribution < -0.4 is 5.30 Å². The van der Waals surface area contributed by atoms with Crippen LogP contribution in [0.4, 0.5) is 0 Å². The molecule has 0 radical (unpaired) electrons. The van der Waals surface area contributed by atoms with Gasteiger partial charge < -0.3 is 9.47 Å². The molecule has 0 amide bonds. The van der Waals surface area contributed by atoms with E-state index in [2.05, 4.69) is 94.4 Å². The lowest BCUT2D eigenvalue weighted by molar-refractivity contribution is -0.178. The fraction of sp³-hybridized carbons (Fsp3) is 0.407. The Bertz CT molecular complexity index is 1050. The minimum Gasteiger partial charge on any atom is -0.347 e. The molecule has 2 saturated heterocycles. The minimum absolute atomic E-state index is 0.113. The Morgan fingerprint density at radius 3 is 1.97 bits per heavy atom. The first kappa shape index (κ1) is 20.2. The van der Waals surface area contributed by atoms with Crippen LogP contribution in [-0.4, -0.2) is 29.3 Å². The van der Waals surface area contributed by atoms with E-state index < -0.39 is 13.7 Å². The zero-order valence-corrected chi connectivity index (χ0v) is 19.3. The van der Waals surface area contributed by atoms with Crippen LogP contribution in [0.3, 0.4) is 0 Å². The number of fused-ring (bicyclic) bond motifs is 1. The minimum atomic E-state index is -0.455. The smallest absolute Gasteiger partial charge is 0.170 e. The molecule has 2 aliphatic heterocycles. The molecule has 0 aliphatic carbocycles. The summed E-state index contributed by atoms with van der Waals surface area (Å²) < 4.78 is 12.4. The average molecular weight is 419 g/mol. The van der Waals surface area contributed by atoms with Crippen molar-refractivity contribution < 1.29 is 9.47 Å². The Labute approximate surface area is 181 Å². The Morgan fingerprint density at radius 1 is 0.667 bits per heavy atom. The van der Waals surface area contributed by atoms with E-state index in [1.54, 1.807) is 0 Å². The van der Waals surface area contributed by atoms with Crippen molar-refractivity contribution >= 4 is 24.0 Å². The van der Waals surface area contributed by atoms with Crippen LogP contribution in [0.25, 0.3) is 21.9 Å². The molecule has 30 heavy (non-hydrogen) atoms. The van der Waals surface area contributed by atoms with Crippen molar-refractivity contribution in [3.63, 3.8) is 0 Å². The molecular formula is C27H31O2P. The highest BCUT2D eigenvalue weighted by molar-refractivity contribution is 7.69. The summed E-state index contributed by atoms with van der Waals surface area (Å²) in [5.74, 6) is -0.403. The van der Waals surface area contributed by atoms with Crippen molar-refractivity contribution in [3.8, 4) is 11.1 Å². The lowest BCUT2D eigenvalue weighted by Crippen LogP contribution is -2.52. The van der Waals surface area contributed by atoms with Gasteiger partial charge in [-0.1, -0.05) is 102 Å². The maximum atomic E-state index is 6.20. The van der Waals surface area contributed by atoms with Gasteiger partial charge in [-0.05, 0) is 37.5 Å². The number of hydrogen-bond donors (Lipinski definition) is 0. The predicted molar refractivity (Wildman–Crippen MR) is 128 cm³/mol. The van der Waals surface area contributed by atoms with E-state index in [1.807, 2.05) is 0 Å². The second-order valence-corrected chi connectivity index (χ2v) is 13.5. The second kappa shape index (κ2) is 7.16. The first-order chi connectivity index (χ1) is 14.3. The molecule has 0 aromatic heterocycles. The summed E-state index contributed by atoms with van der Waals surface area (Å²) in [5.41, 5.74) is 2.72. The van der Waals surface area contributed by atoms with Crippen LogP contribution in [0, 0.1) is 0 Å². The number of rotatable bonds is 2. The fourth-order valence-electron chi connectivity index (χ4n) is 6.07. The Balaban J connectivity index is 1.67. The van der Waals surface area contributed by atoms with E-state index in [1.165, 1.54) is 27.2 Å². The summed E-state index contributed by atoms with van der Waals surface area (Å²) in [4.78, 5) is 0. The van der Waals surface area contributed by atoms with E-state index in [0.29, 0.717) is 0 Å². The van der Waals surface area contributed by atoms with Crippen LogP contribution >= 0.6 is 7.92 Å². The highest BCUT2D eigenvalue weighted by atomic mass is 31.1. The second-order valence-electron chi connectivity index (χ2n) is 9.97. The van der Waals surface area contributed by atoms with Crippen LogP contribution in [0.2, 0.25) is 0 Å². The van der Waals surface area contributed by atoms with Crippen molar-refractivity contribution in [2.75, 3.05) is 13.2 Å². The third-order valence-corrected chi connectivity index (χ3v) is 10.3. The topological polar surface area (TPSA) is 18.5 Å². The predicted octanol–water partition coefficient (Wildman–Crippen LogP) is 6.71. The summed E-state index contributed by atoms with van der Waals surface area (Å²) >= 11 is 0. The summed E-state index contributed by atoms with van der Waals surface area (Å²) in [6.07, 6.45) is 1.91. The average Bonchev–Trinajstić information content (AvgIpc) is 3.12. The van der Waals surface area contributed by atoms with E-state index in [0.717, 1.165) is 26.1 Å². The van der Waals surface area contributed by atoms with Gasteiger partial charge >= 0.3 is 0 Å². The van der Waals surface area contributed by atoms with Gasteiger partial charge in [0.15, 0.2) is 5.79 Å². The van der Waals surface area contributed by atoms with Gasteiger partial charge in [0.1, 0.15) is 0 Å². The molecule has 3 aromatic carbocycles. The van der Waals surface area contributed by atoms with Gasteiger partial charge in [-0.3, -0.25) is 0 Å². The summed E-state index contributed by atoms with van der Waals surface area (Å²) in [5, 5.41) is 4.36. The molecule has 0 atom stereocenters. The zero-order valence-electron chi connectivity index (χ0n) is 18.4. The van der Waals surface area contributed by atoms with Crippen LogP contribution in [0.15, 0.2) is 66.7 Å². The van der Waals surface area contributed by atoms with Gasteiger partial charge in [-0.25, -0.2) is 0 Å². The van der Waals surface area contributed by atoms with Crippen molar-refractivity contribution in [2.24, 2.45) is 0 Å². The van der Waals surface area contributed by atoms with Gasteiger partial charge in [0.2, 0.25) is 0 Å². The SMILES string of the molecule is CC1(C)CC2(CC(C)(C)P1c1ccccc1-c1cccc3ccccc13)OCCO2. The van der Waals surface area contributed by atoms with Crippen molar-refractivity contribution in [3.05, 3.63) is 66.7 Å². The molecule has 2 heterocycles. The van der Waals surface area contributed by atoms with E-state index in [9.17, 15) is 0 Å². The first-order valence-corrected chi connectivity index (χ1v) is 12.3. The van der Waals surface area contributed by atoms with E-state index in [-0.39, 0.29) is 10.3 Å². The quantitative estimate of drug-likeness (QED) is 0.431. The van der Waals surface area contributed by atoms with Gasteiger partial charge in [-0.15, -0.1) is 0 Å². The number of benzene rings is 3. The molecule has 156 valence electrons. The highest BCUT2D eigenvalue weighted by Crippen LogP contribution is 2.68. The summed E-state index contributed by atoms with van der Waals surface area (Å²) in [6, 6.07) is 24.5. The fourth-order valence-corrected chi connectivity index (χ4v) is 10.5. The van der Waals surface area contributed by atoms with Crippen molar-refractivity contribution in [1.82, 2.24) is 0 Å². The maximum absolute atomic E-state index is 6.20. The largest absolute Gasteiger partial charge is 0.347 e. The van der Waals surface area contributed by atoms with E-state index in [4.69, 9.17) is 9.47 Å². The van der Waals surface area contributed by atoms with Crippen molar-refractivity contribution in [1.29, 1.82) is 0 Å². The van der Waals surface area contributed by atoms with E-state index >= 15 is 0 Å². The molecule has 2 fully saturated rings. The standard InChI is InChI=1S/C27H31O2P/c1-25(2)18-27(28-16-17-29-27)19-26(3,4)30(25)24-15-8-7-13-23(24)22-14-9-11-20-10-5-6-12-21(20)22/h5-15H,16-19H2,1-4H3. The molecule has 3 heteroatoms. The molecule has 0 bridgehead atoms. The molecule has 3 aromatic rings. The molecule has 0 N–H and O–H groups in total. The van der Waals surface area contributed by atoms with Gasteiger partial charge in [0.25, 0.3) is 0 Å². The molecule has 2 aliphatic rings. The number of hydrogen-bond acceptors (Lipinski definition) is 2. The Hall–Kier alpha value is -1.73. The normalized spacial score (nSPS) is 22.5. The zero-order chi connectivity index (χ0) is 21.0. The third kappa shape index (κ3) is 3.30. The molecule has 1 spiro atoms. The Morgan fingerprint density at radius 2 is 1.23 bits per heavy atom. The third-order valence-electron chi connectivity index (χ3n) is 6.65. The molecular weight excluding hydrogens is 387 g/mol. The van der Waals surface area contributed by atoms with Crippen molar-refractivity contribution in [2.45, 2.75) is 56.6 Å². The van der Waals surface area contributed by atoms with Crippen LogP contribution in [-0.2, 0) is 9.47 Å². The van der Waals surface area contributed by atoms with Gasteiger partial charge in [-0.2, -0.15) is 0 Å². The molecule has 0 unspecified atom stereocenters. The first-order valence-electron chi connectivity index (χ1n) is 11.0. The van der Waals surface area contributed by atoms with Crippen LogP contribution in [0.5, 0.6) is 0 Å². The van der Waals surface area contributed by atoms with Crippen LogP contribution in [0.1, 0.15) is 40.5 Å². The lowest BCUT2D eigenvalue weighted by Gasteiger charge is -2.55. The molecule has 5 rings (SSSR count). The number of ether oxygens (including phenoxy) is 2. The summed E-state index contributed by atoms with van der Waals surface area (Å²) in [7, 11) is -0.455. The molecule has 2 nitrogen and oxygen atoms in total. The highest BCUT2D eigenvalue weighted by Gasteiger charge is 2.57. The summed E-state index contributed by atoms with van der Waals surface area (Å²) in [6.45, 7) is 11.1. The molecule has 0 saturated carbocycles. The lowest BCUT2D eigenvalue weighted by atomic mass is 9.91.